The van der Waals surface area contributed by atoms with Crippen LogP contribution < -0.4 is 5.32 Å². The maximum atomic E-state index is 11.0. The Morgan fingerprint density at radius 1 is 1.48 bits per heavy atom. The highest BCUT2D eigenvalue weighted by Crippen LogP contribution is 2.20. The molecule has 9 heteroatoms. The lowest BCUT2D eigenvalue weighted by atomic mass is 10.2. The first kappa shape index (κ1) is 14.3. The average Bonchev–Trinajstić information content (AvgIpc) is 2.44. The van der Waals surface area contributed by atoms with Crippen LogP contribution in [0.5, 0.6) is 0 Å². The quantitative estimate of drug-likeness (QED) is 0.623. The highest BCUT2D eigenvalue weighted by atomic mass is 16.6. The van der Waals surface area contributed by atoms with Crippen molar-refractivity contribution in [3.05, 3.63) is 51.7 Å². The van der Waals surface area contributed by atoms with Crippen LogP contribution in [-0.4, -0.2) is 31.0 Å². The number of aromatic nitrogens is 3. The summed E-state index contributed by atoms with van der Waals surface area (Å²) in [5, 5.41) is 22.6. The van der Waals surface area contributed by atoms with Crippen LogP contribution in [0.1, 0.15) is 21.9 Å². The van der Waals surface area contributed by atoms with Gasteiger partial charge in [-0.15, -0.1) is 0 Å². The van der Waals surface area contributed by atoms with Crippen LogP contribution in [-0.2, 0) is 6.54 Å². The third-order valence-electron chi connectivity index (χ3n) is 2.59. The minimum absolute atomic E-state index is 0.217. The number of aryl methyl sites for hydroxylation is 1. The number of carboxylic acid groups (broad SMARTS) is 1. The molecule has 0 aliphatic carbocycles. The van der Waals surface area contributed by atoms with Crippen LogP contribution >= 0.6 is 0 Å². The molecule has 2 heterocycles. The molecule has 0 aromatic carbocycles. The molecule has 0 bridgehead atoms. The second kappa shape index (κ2) is 5.90. The number of pyridine rings is 1. The summed E-state index contributed by atoms with van der Waals surface area (Å²) < 4.78 is 0. The number of aromatic carboxylic acids is 1. The number of nitrogens with zero attached hydrogens (tertiary/aromatic N) is 4. The van der Waals surface area contributed by atoms with Gasteiger partial charge in [0.1, 0.15) is 23.4 Å². The minimum atomic E-state index is -1.38. The lowest BCUT2D eigenvalue weighted by Gasteiger charge is -2.06. The smallest absolute Gasteiger partial charge is 0.342 e. The first-order valence-electron chi connectivity index (χ1n) is 5.87. The summed E-state index contributed by atoms with van der Waals surface area (Å²) in [4.78, 5) is 32.9. The number of carbonyl (C=O) groups is 1. The fourth-order valence-corrected chi connectivity index (χ4v) is 1.65. The maximum Gasteiger partial charge on any atom is 0.342 e. The Morgan fingerprint density at radius 2 is 2.24 bits per heavy atom. The Bertz CT molecular complexity index is 704. The highest BCUT2D eigenvalue weighted by Gasteiger charge is 2.20. The van der Waals surface area contributed by atoms with E-state index in [1.54, 1.807) is 19.2 Å². The van der Waals surface area contributed by atoms with Gasteiger partial charge in [-0.1, -0.05) is 0 Å². The van der Waals surface area contributed by atoms with Crippen molar-refractivity contribution in [3.63, 3.8) is 0 Å². The summed E-state index contributed by atoms with van der Waals surface area (Å²) in [6.45, 7) is 2.05. The Balaban J connectivity index is 2.19. The predicted molar refractivity (Wildman–Crippen MR) is 71.9 cm³/mol. The van der Waals surface area contributed by atoms with E-state index in [1.165, 1.54) is 0 Å². The van der Waals surface area contributed by atoms with Gasteiger partial charge >= 0.3 is 11.7 Å². The Morgan fingerprint density at radius 3 is 2.86 bits per heavy atom. The standard InChI is InChI=1S/C12H11N5O4/c1-7-13-3-2-8(16-7)5-14-11-4-9(12(18)19)10(6-15-11)17(20)21/h2-4,6H,5H2,1H3,(H,14,15)(H,18,19). The molecule has 0 saturated carbocycles. The van der Waals surface area contributed by atoms with E-state index in [9.17, 15) is 14.9 Å². The van der Waals surface area contributed by atoms with Crippen molar-refractivity contribution in [2.24, 2.45) is 0 Å². The Labute approximate surface area is 118 Å². The normalized spacial score (nSPS) is 10.1. The molecular weight excluding hydrogens is 278 g/mol. The number of hydrogen-bond donors (Lipinski definition) is 2. The molecule has 0 aliphatic heterocycles. The third-order valence-corrected chi connectivity index (χ3v) is 2.59. The van der Waals surface area contributed by atoms with Crippen molar-refractivity contribution < 1.29 is 14.8 Å². The number of nitrogens with one attached hydrogen (secondary N) is 1. The first-order chi connectivity index (χ1) is 9.97. The maximum absolute atomic E-state index is 11.0. The Kier molecular flexibility index (Phi) is 4.02. The minimum Gasteiger partial charge on any atom is -0.477 e. The molecule has 0 fully saturated rings. The van der Waals surface area contributed by atoms with Crippen molar-refractivity contribution in [1.82, 2.24) is 15.0 Å². The molecule has 0 saturated heterocycles. The molecular formula is C12H11N5O4. The molecule has 0 amide bonds. The number of nitro groups is 1. The van der Waals surface area contributed by atoms with Gasteiger partial charge in [0.2, 0.25) is 0 Å². The van der Waals surface area contributed by atoms with Crippen molar-refractivity contribution in [2.45, 2.75) is 13.5 Å². The van der Waals surface area contributed by atoms with E-state index in [0.717, 1.165) is 12.3 Å². The first-order valence-corrected chi connectivity index (χ1v) is 5.87. The lowest BCUT2D eigenvalue weighted by Crippen LogP contribution is -2.08. The molecule has 2 rings (SSSR count). The topological polar surface area (TPSA) is 131 Å². The van der Waals surface area contributed by atoms with E-state index in [4.69, 9.17) is 5.11 Å². The van der Waals surface area contributed by atoms with Gasteiger partial charge in [0, 0.05) is 12.3 Å². The van der Waals surface area contributed by atoms with Gasteiger partial charge < -0.3 is 10.4 Å². The number of rotatable bonds is 5. The molecule has 0 atom stereocenters. The second-order valence-corrected chi connectivity index (χ2v) is 4.10. The zero-order valence-corrected chi connectivity index (χ0v) is 11.0. The molecule has 21 heavy (non-hydrogen) atoms. The van der Waals surface area contributed by atoms with Crippen molar-refractivity contribution in [2.75, 3.05) is 5.32 Å². The van der Waals surface area contributed by atoms with Crippen LogP contribution in [0.2, 0.25) is 0 Å². The zero-order valence-electron chi connectivity index (χ0n) is 11.0. The van der Waals surface area contributed by atoms with Crippen molar-refractivity contribution in [3.8, 4) is 0 Å². The number of hydrogen-bond acceptors (Lipinski definition) is 7. The van der Waals surface area contributed by atoms with Gasteiger partial charge in [0.25, 0.3) is 0 Å². The van der Waals surface area contributed by atoms with Crippen LogP contribution in [0.15, 0.2) is 24.5 Å². The van der Waals surface area contributed by atoms with Gasteiger partial charge in [-0.3, -0.25) is 10.1 Å². The molecule has 2 aromatic rings. The molecule has 2 aromatic heterocycles. The lowest BCUT2D eigenvalue weighted by molar-refractivity contribution is -0.385. The molecule has 0 unspecified atom stereocenters. The van der Waals surface area contributed by atoms with E-state index in [2.05, 4.69) is 20.3 Å². The summed E-state index contributed by atoms with van der Waals surface area (Å²) in [7, 11) is 0. The fraction of sp³-hybridized carbons (Fsp3) is 0.167. The largest absolute Gasteiger partial charge is 0.477 e. The van der Waals surface area contributed by atoms with Gasteiger partial charge in [-0.25, -0.2) is 19.7 Å². The van der Waals surface area contributed by atoms with Crippen LogP contribution in [0.4, 0.5) is 11.5 Å². The van der Waals surface area contributed by atoms with Crippen LogP contribution in [0.3, 0.4) is 0 Å². The molecule has 9 nitrogen and oxygen atoms in total. The van der Waals surface area contributed by atoms with Crippen molar-refractivity contribution in [1.29, 1.82) is 0 Å². The van der Waals surface area contributed by atoms with E-state index in [1.807, 2.05) is 0 Å². The second-order valence-electron chi connectivity index (χ2n) is 4.10. The molecule has 108 valence electrons. The summed E-state index contributed by atoms with van der Waals surface area (Å²) in [6.07, 6.45) is 2.52. The van der Waals surface area contributed by atoms with Gasteiger partial charge in [0.05, 0.1) is 17.2 Å². The molecule has 0 aliphatic rings. The zero-order chi connectivity index (χ0) is 15.4. The van der Waals surface area contributed by atoms with Crippen molar-refractivity contribution >= 4 is 17.5 Å². The molecule has 0 radical (unpaired) electrons. The molecule has 2 N–H and O–H groups in total. The van der Waals surface area contributed by atoms with E-state index in [-0.39, 0.29) is 5.82 Å². The van der Waals surface area contributed by atoms with E-state index in [0.29, 0.717) is 18.1 Å². The van der Waals surface area contributed by atoms with Crippen LogP contribution in [0.25, 0.3) is 0 Å². The van der Waals surface area contributed by atoms with E-state index < -0.39 is 22.1 Å². The number of anilines is 1. The van der Waals surface area contributed by atoms with Gasteiger partial charge in [-0.05, 0) is 13.0 Å². The summed E-state index contributed by atoms with van der Waals surface area (Å²) in [5.74, 6) is -0.559. The van der Waals surface area contributed by atoms with Crippen LogP contribution in [0, 0.1) is 17.0 Å². The highest BCUT2D eigenvalue weighted by molar-refractivity contribution is 5.93. The monoisotopic (exact) mass is 289 g/mol. The summed E-state index contributed by atoms with van der Waals surface area (Å²) in [6, 6.07) is 2.82. The Hall–Kier alpha value is -3.10. The van der Waals surface area contributed by atoms with Gasteiger partial charge in [-0.2, -0.15) is 0 Å². The third kappa shape index (κ3) is 3.47. The SMILES string of the molecule is Cc1nccc(CNc2cc(C(=O)O)c([N+](=O)[O-])cn2)n1. The summed E-state index contributed by atoms with van der Waals surface area (Å²) >= 11 is 0. The van der Waals surface area contributed by atoms with Gasteiger partial charge in [0.15, 0.2) is 0 Å². The summed E-state index contributed by atoms with van der Waals surface area (Å²) in [5.41, 5.74) is -0.276. The molecule has 0 spiro atoms. The van der Waals surface area contributed by atoms with E-state index >= 15 is 0 Å². The number of carboxylic acids is 1. The average molecular weight is 289 g/mol. The fourth-order valence-electron chi connectivity index (χ4n) is 1.65. The predicted octanol–water partition coefficient (Wildman–Crippen LogP) is 1.40.